The van der Waals surface area contributed by atoms with E-state index in [4.69, 9.17) is 5.11 Å². The summed E-state index contributed by atoms with van der Waals surface area (Å²) in [5, 5.41) is 11.9. The monoisotopic (exact) mass is 223 g/mol. The second kappa shape index (κ2) is 4.61. The van der Waals surface area contributed by atoms with Crippen LogP contribution in [0.5, 0.6) is 0 Å². The number of carboxylic acids is 1. The van der Waals surface area contributed by atoms with Crippen molar-refractivity contribution in [1.82, 2.24) is 5.32 Å². The van der Waals surface area contributed by atoms with Crippen LogP contribution in [-0.4, -0.2) is 17.1 Å². The Morgan fingerprint density at radius 2 is 2.12 bits per heavy atom. The molecule has 1 aromatic rings. The summed E-state index contributed by atoms with van der Waals surface area (Å²) < 4.78 is 13.5. The van der Waals surface area contributed by atoms with Crippen molar-refractivity contribution in [2.24, 2.45) is 0 Å². The van der Waals surface area contributed by atoms with Crippen molar-refractivity contribution in [1.29, 1.82) is 0 Å². The molecule has 1 heterocycles. The highest BCUT2D eigenvalue weighted by Gasteiger charge is 2.27. The first-order chi connectivity index (χ1) is 7.68. The van der Waals surface area contributed by atoms with Crippen molar-refractivity contribution < 1.29 is 14.3 Å². The van der Waals surface area contributed by atoms with Gasteiger partial charge < -0.3 is 5.11 Å². The van der Waals surface area contributed by atoms with Gasteiger partial charge in [0.1, 0.15) is 11.9 Å². The van der Waals surface area contributed by atoms with Crippen LogP contribution >= 0.6 is 0 Å². The van der Waals surface area contributed by atoms with Crippen LogP contribution in [0.1, 0.15) is 30.9 Å². The van der Waals surface area contributed by atoms with Gasteiger partial charge in [0.05, 0.1) is 0 Å². The molecule has 0 aromatic heterocycles. The van der Waals surface area contributed by atoms with E-state index in [2.05, 4.69) is 5.32 Å². The third-order valence-electron chi connectivity index (χ3n) is 2.97. The molecule has 16 heavy (non-hydrogen) atoms. The predicted molar refractivity (Wildman–Crippen MR) is 57.6 cm³/mol. The van der Waals surface area contributed by atoms with E-state index in [9.17, 15) is 9.18 Å². The van der Waals surface area contributed by atoms with E-state index in [-0.39, 0.29) is 11.9 Å². The van der Waals surface area contributed by atoms with E-state index in [1.807, 2.05) is 0 Å². The summed E-state index contributed by atoms with van der Waals surface area (Å²) in [7, 11) is 0. The molecule has 1 aliphatic rings. The standard InChI is InChI=1S/C12H14FNO2/c13-9-5-2-1-4-8(9)10-6-3-7-11(14-10)12(15)16/h1-2,4-5,10-11,14H,3,6-7H2,(H,15,16). The fourth-order valence-corrected chi connectivity index (χ4v) is 2.13. The summed E-state index contributed by atoms with van der Waals surface area (Å²) >= 11 is 0. The van der Waals surface area contributed by atoms with Gasteiger partial charge >= 0.3 is 5.97 Å². The molecule has 0 spiro atoms. The fraction of sp³-hybridized carbons (Fsp3) is 0.417. The van der Waals surface area contributed by atoms with Crippen molar-refractivity contribution in [2.45, 2.75) is 31.3 Å². The minimum Gasteiger partial charge on any atom is -0.480 e. The second-order valence-electron chi connectivity index (χ2n) is 4.06. The zero-order chi connectivity index (χ0) is 11.5. The Labute approximate surface area is 93.3 Å². The number of rotatable bonds is 2. The minimum absolute atomic E-state index is 0.184. The number of halogens is 1. The number of carbonyl (C=O) groups is 1. The molecular formula is C12H14FNO2. The first-order valence-electron chi connectivity index (χ1n) is 5.42. The second-order valence-corrected chi connectivity index (χ2v) is 4.06. The summed E-state index contributed by atoms with van der Waals surface area (Å²) in [6, 6.07) is 5.77. The van der Waals surface area contributed by atoms with Crippen LogP contribution in [0.3, 0.4) is 0 Å². The Morgan fingerprint density at radius 1 is 1.38 bits per heavy atom. The third-order valence-corrected chi connectivity index (χ3v) is 2.97. The average molecular weight is 223 g/mol. The van der Waals surface area contributed by atoms with Crippen LogP contribution in [0, 0.1) is 5.82 Å². The maximum absolute atomic E-state index is 13.5. The lowest BCUT2D eigenvalue weighted by atomic mass is 9.93. The fourth-order valence-electron chi connectivity index (χ4n) is 2.13. The highest BCUT2D eigenvalue weighted by Crippen LogP contribution is 2.27. The maximum atomic E-state index is 13.5. The summed E-state index contributed by atoms with van der Waals surface area (Å²) in [6.45, 7) is 0. The maximum Gasteiger partial charge on any atom is 0.320 e. The van der Waals surface area contributed by atoms with Crippen molar-refractivity contribution >= 4 is 5.97 Å². The van der Waals surface area contributed by atoms with Gasteiger partial charge in [-0.05, 0) is 25.3 Å². The van der Waals surface area contributed by atoms with Gasteiger partial charge in [0.15, 0.2) is 0 Å². The van der Waals surface area contributed by atoms with Crippen LogP contribution in [0.2, 0.25) is 0 Å². The molecule has 2 N–H and O–H groups in total. The van der Waals surface area contributed by atoms with Crippen molar-refractivity contribution in [3.63, 3.8) is 0 Å². The number of piperidine rings is 1. The molecule has 1 aliphatic heterocycles. The molecule has 0 radical (unpaired) electrons. The van der Waals surface area contributed by atoms with Gasteiger partial charge in [-0.25, -0.2) is 4.39 Å². The number of hydrogen-bond donors (Lipinski definition) is 2. The first kappa shape index (κ1) is 11.1. The number of aliphatic carboxylic acids is 1. The molecule has 1 aromatic carbocycles. The highest BCUT2D eigenvalue weighted by atomic mass is 19.1. The number of benzene rings is 1. The Kier molecular flexibility index (Phi) is 3.19. The highest BCUT2D eigenvalue weighted by molar-refractivity contribution is 5.73. The zero-order valence-corrected chi connectivity index (χ0v) is 8.82. The molecule has 2 unspecified atom stereocenters. The van der Waals surface area contributed by atoms with Crippen LogP contribution in [-0.2, 0) is 4.79 Å². The van der Waals surface area contributed by atoms with Crippen LogP contribution in [0.25, 0.3) is 0 Å². The Balaban J connectivity index is 2.16. The van der Waals surface area contributed by atoms with E-state index >= 15 is 0 Å². The Bertz CT molecular complexity index is 394. The lowest BCUT2D eigenvalue weighted by Gasteiger charge is -2.29. The van der Waals surface area contributed by atoms with E-state index in [0.29, 0.717) is 12.0 Å². The van der Waals surface area contributed by atoms with Crippen molar-refractivity contribution in [3.8, 4) is 0 Å². The molecule has 1 fully saturated rings. The normalized spacial score (nSPS) is 25.3. The smallest absolute Gasteiger partial charge is 0.320 e. The number of carboxylic acid groups (broad SMARTS) is 1. The van der Waals surface area contributed by atoms with Gasteiger partial charge in [0.2, 0.25) is 0 Å². The van der Waals surface area contributed by atoms with Gasteiger partial charge in [0, 0.05) is 11.6 Å². The minimum atomic E-state index is -0.860. The quantitative estimate of drug-likeness (QED) is 0.807. The molecule has 1 saturated heterocycles. The third kappa shape index (κ3) is 2.22. The Morgan fingerprint density at radius 3 is 2.81 bits per heavy atom. The average Bonchev–Trinajstić information content (AvgIpc) is 2.30. The molecule has 2 rings (SSSR count). The van der Waals surface area contributed by atoms with E-state index < -0.39 is 12.0 Å². The molecule has 2 atom stereocenters. The molecule has 0 saturated carbocycles. The molecular weight excluding hydrogens is 209 g/mol. The molecule has 0 bridgehead atoms. The van der Waals surface area contributed by atoms with Gasteiger partial charge in [-0.3, -0.25) is 10.1 Å². The van der Waals surface area contributed by atoms with Gasteiger partial charge in [0.25, 0.3) is 0 Å². The lowest BCUT2D eigenvalue weighted by molar-refractivity contribution is -0.140. The lowest BCUT2D eigenvalue weighted by Crippen LogP contribution is -2.42. The van der Waals surface area contributed by atoms with Gasteiger partial charge in [-0.2, -0.15) is 0 Å². The SMILES string of the molecule is O=C(O)C1CCCC(c2ccccc2F)N1. The first-order valence-corrected chi connectivity index (χ1v) is 5.42. The van der Waals surface area contributed by atoms with Crippen LogP contribution in [0.4, 0.5) is 4.39 Å². The number of nitrogens with one attached hydrogen (secondary N) is 1. The molecule has 3 nitrogen and oxygen atoms in total. The van der Waals surface area contributed by atoms with E-state index in [1.165, 1.54) is 6.07 Å². The molecule has 0 aliphatic carbocycles. The largest absolute Gasteiger partial charge is 0.480 e. The van der Waals surface area contributed by atoms with Crippen molar-refractivity contribution in [3.05, 3.63) is 35.6 Å². The van der Waals surface area contributed by atoms with Gasteiger partial charge in [-0.15, -0.1) is 0 Å². The predicted octanol–water partition coefficient (Wildman–Crippen LogP) is 2.09. The summed E-state index contributed by atoms with van der Waals surface area (Å²) in [6.07, 6.45) is 2.20. The summed E-state index contributed by atoms with van der Waals surface area (Å²) in [5.74, 6) is -1.13. The molecule has 4 heteroatoms. The molecule has 0 amide bonds. The Hall–Kier alpha value is -1.42. The van der Waals surface area contributed by atoms with Crippen LogP contribution in [0.15, 0.2) is 24.3 Å². The van der Waals surface area contributed by atoms with E-state index in [0.717, 1.165) is 12.8 Å². The summed E-state index contributed by atoms with van der Waals surface area (Å²) in [4.78, 5) is 10.9. The zero-order valence-electron chi connectivity index (χ0n) is 8.82. The van der Waals surface area contributed by atoms with Crippen LogP contribution < -0.4 is 5.32 Å². The number of hydrogen-bond acceptors (Lipinski definition) is 2. The molecule has 86 valence electrons. The van der Waals surface area contributed by atoms with Crippen molar-refractivity contribution in [2.75, 3.05) is 0 Å². The summed E-state index contributed by atoms with van der Waals surface area (Å²) in [5.41, 5.74) is 0.563. The van der Waals surface area contributed by atoms with E-state index in [1.54, 1.807) is 18.2 Å². The van der Waals surface area contributed by atoms with Gasteiger partial charge in [-0.1, -0.05) is 18.2 Å². The topological polar surface area (TPSA) is 49.3 Å².